The number of carbonyl (C=O) groups is 1. The Kier molecular flexibility index (Phi) is 4.35. The van der Waals surface area contributed by atoms with E-state index in [9.17, 15) is 4.79 Å². The molecule has 1 aromatic carbocycles. The molecule has 0 atom stereocenters. The fraction of sp³-hybridized carbons (Fsp3) is 0.474. The van der Waals surface area contributed by atoms with E-state index in [-0.39, 0.29) is 6.09 Å². The van der Waals surface area contributed by atoms with Gasteiger partial charge in [0.25, 0.3) is 0 Å². The van der Waals surface area contributed by atoms with Gasteiger partial charge in [-0.1, -0.05) is 24.3 Å². The third kappa shape index (κ3) is 3.61. The van der Waals surface area contributed by atoms with Gasteiger partial charge in [-0.3, -0.25) is 0 Å². The first-order chi connectivity index (χ1) is 11.3. The summed E-state index contributed by atoms with van der Waals surface area (Å²) in [7, 11) is 0. The number of carbonyl (C=O) groups excluding carboxylic acids is 1. The third-order valence-electron chi connectivity index (χ3n) is 4.25. The van der Waals surface area contributed by atoms with E-state index in [2.05, 4.69) is 40.7 Å². The quantitative estimate of drug-likeness (QED) is 0.848. The molecule has 0 spiro atoms. The summed E-state index contributed by atoms with van der Waals surface area (Å²) in [5, 5.41) is 0. The highest BCUT2D eigenvalue weighted by atomic mass is 16.6. The number of hydrogen-bond acceptors (Lipinski definition) is 3. The second-order valence-corrected chi connectivity index (χ2v) is 7.34. The molecule has 0 bridgehead atoms. The number of fused-ring (bicyclic) bond motifs is 1. The maximum absolute atomic E-state index is 12.2. The van der Waals surface area contributed by atoms with Crippen molar-refractivity contribution in [3.05, 3.63) is 53.1 Å². The predicted molar refractivity (Wildman–Crippen MR) is 92.9 cm³/mol. The van der Waals surface area contributed by atoms with Crippen LogP contribution in [-0.2, 0) is 24.2 Å². The van der Waals surface area contributed by atoms with Crippen LogP contribution in [0.4, 0.5) is 4.79 Å². The minimum atomic E-state index is -0.471. The van der Waals surface area contributed by atoms with Gasteiger partial charge < -0.3 is 14.2 Å². The van der Waals surface area contributed by atoms with Crippen molar-refractivity contribution in [1.82, 2.24) is 14.5 Å². The van der Waals surface area contributed by atoms with Gasteiger partial charge in [-0.2, -0.15) is 0 Å². The maximum atomic E-state index is 12.2. The van der Waals surface area contributed by atoms with Crippen LogP contribution in [0.2, 0.25) is 0 Å². The lowest BCUT2D eigenvalue weighted by molar-refractivity contribution is 0.0220. The molecule has 0 radical (unpaired) electrons. The molecular weight excluding hydrogens is 302 g/mol. The molecule has 128 valence electrons. The first kappa shape index (κ1) is 16.6. The number of benzene rings is 1. The van der Waals surface area contributed by atoms with Crippen LogP contribution >= 0.6 is 0 Å². The van der Waals surface area contributed by atoms with Gasteiger partial charge in [0.2, 0.25) is 0 Å². The molecule has 0 N–H and O–H groups in total. The summed E-state index contributed by atoms with van der Waals surface area (Å²) in [6.07, 6.45) is 2.43. The molecule has 0 unspecified atom stereocenters. The molecule has 2 heterocycles. The molecule has 1 aliphatic heterocycles. The molecule has 2 aromatic rings. The van der Waals surface area contributed by atoms with Gasteiger partial charge in [-0.05, 0) is 38.8 Å². The zero-order valence-electron chi connectivity index (χ0n) is 14.9. The van der Waals surface area contributed by atoms with Crippen LogP contribution in [0.25, 0.3) is 0 Å². The normalized spacial score (nSPS) is 14.4. The summed E-state index contributed by atoms with van der Waals surface area (Å²) >= 11 is 0. The number of imidazole rings is 1. The molecule has 0 fully saturated rings. The van der Waals surface area contributed by atoms with Gasteiger partial charge in [0.1, 0.15) is 5.60 Å². The standard InChI is InChI=1S/C19H25N3O2/c1-14-7-5-6-8-15(14)11-22-13-20-16-12-21(10-9-17(16)22)18(23)24-19(2,3)4/h5-8,13H,9-12H2,1-4H3. The van der Waals surface area contributed by atoms with E-state index in [1.165, 1.54) is 16.8 Å². The van der Waals surface area contributed by atoms with E-state index in [4.69, 9.17) is 4.74 Å². The average molecular weight is 327 g/mol. The van der Waals surface area contributed by atoms with Crippen LogP contribution < -0.4 is 0 Å². The number of nitrogens with zero attached hydrogens (tertiary/aromatic N) is 3. The van der Waals surface area contributed by atoms with Crippen LogP contribution in [0.5, 0.6) is 0 Å². The minimum Gasteiger partial charge on any atom is -0.444 e. The lowest BCUT2D eigenvalue weighted by Crippen LogP contribution is -2.40. The van der Waals surface area contributed by atoms with Crippen LogP contribution in [-0.4, -0.2) is 32.7 Å². The zero-order valence-corrected chi connectivity index (χ0v) is 14.9. The van der Waals surface area contributed by atoms with Gasteiger partial charge in [-0.15, -0.1) is 0 Å². The van der Waals surface area contributed by atoms with Gasteiger partial charge in [0.15, 0.2) is 0 Å². The van der Waals surface area contributed by atoms with Gasteiger partial charge in [0, 0.05) is 25.2 Å². The van der Waals surface area contributed by atoms with Crippen molar-refractivity contribution in [3.8, 4) is 0 Å². The second-order valence-electron chi connectivity index (χ2n) is 7.34. The lowest BCUT2D eigenvalue weighted by Gasteiger charge is -2.30. The fourth-order valence-corrected chi connectivity index (χ4v) is 2.96. The van der Waals surface area contributed by atoms with Crippen LogP contribution in [0.3, 0.4) is 0 Å². The van der Waals surface area contributed by atoms with Crippen LogP contribution in [0, 0.1) is 6.92 Å². The van der Waals surface area contributed by atoms with E-state index in [1.54, 1.807) is 4.90 Å². The molecule has 1 amide bonds. The van der Waals surface area contributed by atoms with Gasteiger partial charge >= 0.3 is 6.09 Å². The second kappa shape index (κ2) is 6.30. The van der Waals surface area contributed by atoms with Crippen molar-refractivity contribution in [1.29, 1.82) is 0 Å². The first-order valence-corrected chi connectivity index (χ1v) is 8.39. The smallest absolute Gasteiger partial charge is 0.410 e. The monoisotopic (exact) mass is 327 g/mol. The minimum absolute atomic E-state index is 0.262. The third-order valence-corrected chi connectivity index (χ3v) is 4.25. The zero-order chi connectivity index (χ0) is 17.3. The first-order valence-electron chi connectivity index (χ1n) is 8.39. The molecule has 0 saturated carbocycles. The molecule has 1 aliphatic rings. The SMILES string of the molecule is Cc1ccccc1Cn1cnc2c1CCN(C(=O)OC(C)(C)C)C2. The van der Waals surface area contributed by atoms with E-state index in [0.717, 1.165) is 18.7 Å². The summed E-state index contributed by atoms with van der Waals surface area (Å²) < 4.78 is 7.66. The molecule has 1 aromatic heterocycles. The Bertz CT molecular complexity index is 743. The number of rotatable bonds is 2. The Morgan fingerprint density at radius 3 is 2.75 bits per heavy atom. The predicted octanol–water partition coefficient (Wildman–Crippen LogP) is 3.53. The average Bonchev–Trinajstić information content (AvgIpc) is 2.90. The summed E-state index contributed by atoms with van der Waals surface area (Å²) in [5.74, 6) is 0. The number of hydrogen-bond donors (Lipinski definition) is 0. The van der Waals surface area contributed by atoms with Crippen LogP contribution in [0.15, 0.2) is 30.6 Å². The van der Waals surface area contributed by atoms with Gasteiger partial charge in [-0.25, -0.2) is 9.78 Å². The molecule has 0 saturated heterocycles. The maximum Gasteiger partial charge on any atom is 0.410 e. The number of aryl methyl sites for hydroxylation is 1. The Hall–Kier alpha value is -2.30. The molecule has 5 heteroatoms. The van der Waals surface area contributed by atoms with E-state index >= 15 is 0 Å². The Labute approximate surface area is 143 Å². The Balaban J connectivity index is 1.73. The van der Waals surface area contributed by atoms with Crippen molar-refractivity contribution < 1.29 is 9.53 Å². The van der Waals surface area contributed by atoms with E-state index in [1.807, 2.05) is 27.1 Å². The van der Waals surface area contributed by atoms with Crippen molar-refractivity contribution in [2.75, 3.05) is 6.54 Å². The van der Waals surface area contributed by atoms with E-state index in [0.29, 0.717) is 13.1 Å². The van der Waals surface area contributed by atoms with E-state index < -0.39 is 5.60 Å². The molecule has 3 rings (SSSR count). The highest BCUT2D eigenvalue weighted by molar-refractivity contribution is 5.68. The summed E-state index contributed by atoms with van der Waals surface area (Å²) in [6.45, 7) is 9.79. The molecule has 5 nitrogen and oxygen atoms in total. The van der Waals surface area contributed by atoms with Crippen molar-refractivity contribution in [3.63, 3.8) is 0 Å². The van der Waals surface area contributed by atoms with Gasteiger partial charge in [0.05, 0.1) is 18.6 Å². The number of aromatic nitrogens is 2. The summed E-state index contributed by atoms with van der Waals surface area (Å²) in [6, 6.07) is 8.40. The Morgan fingerprint density at radius 1 is 1.29 bits per heavy atom. The number of amides is 1. The summed E-state index contributed by atoms with van der Waals surface area (Å²) in [4.78, 5) is 18.5. The molecule has 0 aliphatic carbocycles. The Morgan fingerprint density at radius 2 is 2.04 bits per heavy atom. The summed E-state index contributed by atoms with van der Waals surface area (Å²) in [5.41, 5.74) is 4.30. The van der Waals surface area contributed by atoms with Crippen molar-refractivity contribution >= 4 is 6.09 Å². The van der Waals surface area contributed by atoms with Crippen molar-refractivity contribution in [2.45, 2.75) is 52.8 Å². The topological polar surface area (TPSA) is 47.4 Å². The molecular formula is C19H25N3O2. The van der Waals surface area contributed by atoms with Crippen LogP contribution in [0.1, 0.15) is 43.3 Å². The van der Waals surface area contributed by atoms with Crippen molar-refractivity contribution in [2.24, 2.45) is 0 Å². The highest BCUT2D eigenvalue weighted by Gasteiger charge is 2.28. The fourth-order valence-electron chi connectivity index (χ4n) is 2.96. The molecule has 24 heavy (non-hydrogen) atoms. The lowest BCUT2D eigenvalue weighted by atomic mass is 10.1. The highest BCUT2D eigenvalue weighted by Crippen LogP contribution is 2.21. The number of ether oxygens (including phenoxy) is 1. The largest absolute Gasteiger partial charge is 0.444 e.